The van der Waals surface area contributed by atoms with Gasteiger partial charge in [-0.2, -0.15) is 0 Å². The second-order valence-electron chi connectivity index (χ2n) is 20.4. The Morgan fingerprint density at radius 2 is 1.37 bits per heavy atom. The minimum Gasteiger partial charge on any atom is -0.459 e. The topological polar surface area (TPSA) is 210 Å². The van der Waals surface area contributed by atoms with Crippen molar-refractivity contribution in [3.63, 3.8) is 0 Å². The van der Waals surface area contributed by atoms with Crippen molar-refractivity contribution in [3.05, 3.63) is 71.8 Å². The molecule has 73 heavy (non-hydrogen) atoms. The monoisotopic (exact) mass is 1020 g/mol. The van der Waals surface area contributed by atoms with Gasteiger partial charge in [-0.25, -0.2) is 9.59 Å². The van der Waals surface area contributed by atoms with Crippen molar-refractivity contribution in [3.8, 4) is 0 Å². The number of methoxy groups -OCH3 is 2. The van der Waals surface area contributed by atoms with Gasteiger partial charge in [-0.1, -0.05) is 122 Å². The predicted octanol–water partition coefficient (Wildman–Crippen LogP) is 5.42. The van der Waals surface area contributed by atoms with Crippen LogP contribution in [0.15, 0.2) is 60.7 Å². The Labute approximate surface area is 432 Å². The van der Waals surface area contributed by atoms with E-state index in [0.717, 1.165) is 11.1 Å². The molecule has 10 atom stereocenters. The zero-order chi connectivity index (χ0) is 54.1. The van der Waals surface area contributed by atoms with Crippen LogP contribution in [0.4, 0.5) is 0 Å². The highest BCUT2D eigenvalue weighted by Gasteiger charge is 2.44. The molecule has 0 aliphatic carbocycles. The van der Waals surface area contributed by atoms with Crippen LogP contribution in [-0.4, -0.2) is 151 Å². The van der Waals surface area contributed by atoms with Crippen molar-refractivity contribution >= 4 is 47.4 Å². The quantitative estimate of drug-likeness (QED) is 0.0806. The maximum Gasteiger partial charge on any atom is 0.333 e. The summed E-state index contributed by atoms with van der Waals surface area (Å²) in [6, 6.07) is 15.3. The molecule has 0 unspecified atom stereocenters. The Morgan fingerprint density at radius 1 is 0.781 bits per heavy atom. The van der Waals surface area contributed by atoms with Gasteiger partial charge in [0.05, 0.1) is 42.7 Å². The van der Waals surface area contributed by atoms with Crippen LogP contribution in [0.2, 0.25) is 0 Å². The molecule has 2 N–H and O–H groups in total. The van der Waals surface area contributed by atoms with Crippen molar-refractivity contribution < 1.29 is 57.4 Å². The van der Waals surface area contributed by atoms with Crippen molar-refractivity contribution in [2.45, 2.75) is 162 Å². The van der Waals surface area contributed by atoms with Gasteiger partial charge in [-0.15, -0.1) is 5.06 Å². The molecular weight excluding hydrogens is 937 g/mol. The van der Waals surface area contributed by atoms with Crippen LogP contribution < -0.4 is 10.6 Å². The number of benzene rings is 2. The van der Waals surface area contributed by atoms with Gasteiger partial charge in [-0.3, -0.25) is 43.9 Å². The van der Waals surface area contributed by atoms with Crippen LogP contribution >= 0.6 is 0 Å². The fraction of sp³-hybridized carbons (Fsp3) is 0.636. The molecule has 2 aliphatic heterocycles. The van der Waals surface area contributed by atoms with Gasteiger partial charge in [0.2, 0.25) is 23.6 Å². The summed E-state index contributed by atoms with van der Waals surface area (Å²) < 4.78 is 18.0. The Bertz CT molecular complexity index is 2140. The van der Waals surface area contributed by atoms with Gasteiger partial charge < -0.3 is 29.3 Å². The largest absolute Gasteiger partial charge is 0.459 e. The first kappa shape index (κ1) is 60.0. The average Bonchev–Trinajstić information content (AvgIpc) is 3.97. The lowest BCUT2D eigenvalue weighted by Crippen LogP contribution is -2.60. The number of likely N-dealkylation sites (N-methyl/N-ethyl adjacent to an activating group) is 2. The lowest BCUT2D eigenvalue weighted by atomic mass is 9.87. The number of nitrogens with one attached hydrogen (secondary N) is 2. The van der Waals surface area contributed by atoms with Crippen molar-refractivity contribution in [1.82, 2.24) is 30.4 Å². The minimum atomic E-state index is -1.01. The first-order valence-electron chi connectivity index (χ1n) is 25.9. The van der Waals surface area contributed by atoms with Gasteiger partial charge >= 0.3 is 11.9 Å². The number of ether oxygens (including phenoxy) is 3. The highest BCUT2D eigenvalue weighted by atomic mass is 16.7. The Balaban J connectivity index is 1.45. The number of esters is 1. The number of likely N-dealkylation sites (tertiary alicyclic amines) is 1. The molecule has 4 rings (SSSR count). The number of hydrogen-bond acceptors (Lipinski definition) is 14. The molecular formula is C55H82N6O12. The zero-order valence-electron chi connectivity index (χ0n) is 45.2. The summed E-state index contributed by atoms with van der Waals surface area (Å²) in [7, 11) is 6.61. The molecule has 0 aromatic heterocycles. The van der Waals surface area contributed by atoms with E-state index in [-0.39, 0.29) is 68.9 Å². The predicted molar refractivity (Wildman–Crippen MR) is 274 cm³/mol. The van der Waals surface area contributed by atoms with Crippen LogP contribution in [0.1, 0.15) is 124 Å². The lowest BCUT2D eigenvalue weighted by molar-refractivity contribution is -0.197. The van der Waals surface area contributed by atoms with Crippen LogP contribution in [0.5, 0.6) is 0 Å². The SMILES string of the molecule is CC[C@H](C)[C@@H]([C@@H](CC(=O)N1CCC[C@H]1[C@H](OC)[C@@H](C)C(=O)N[C@H](C(=O)OCc1ccccc1)[C@@H](C)c1ccccc1)OC)N(C)[C@H](C(=O)NC(=O)[C@H](C(C)C)N(C)CCCC(=O)ON1C(=O)CCC1=O)C(C)C. The molecule has 0 radical (unpaired) electrons. The second kappa shape index (κ2) is 28.8. The van der Waals surface area contributed by atoms with Crippen LogP contribution in [0, 0.1) is 23.7 Å². The highest BCUT2D eigenvalue weighted by molar-refractivity contribution is 6.02. The number of amides is 6. The highest BCUT2D eigenvalue weighted by Crippen LogP contribution is 2.31. The lowest BCUT2D eigenvalue weighted by Gasteiger charge is -2.43. The van der Waals surface area contributed by atoms with Crippen LogP contribution in [0.3, 0.4) is 0 Å². The Hall–Kier alpha value is -5.56. The number of carbonyl (C=O) groups is 8. The first-order chi connectivity index (χ1) is 34.7. The fourth-order valence-electron chi connectivity index (χ4n) is 10.5. The molecule has 0 spiro atoms. The molecule has 404 valence electrons. The summed E-state index contributed by atoms with van der Waals surface area (Å²) in [4.78, 5) is 118. The number of hydrogen-bond donors (Lipinski definition) is 2. The van der Waals surface area contributed by atoms with E-state index in [1.165, 1.54) is 7.11 Å². The number of carbonyl (C=O) groups excluding carboxylic acids is 8. The van der Waals surface area contributed by atoms with Crippen LogP contribution in [0.25, 0.3) is 0 Å². The summed E-state index contributed by atoms with van der Waals surface area (Å²) in [6.07, 6.45) is 0.694. The van der Waals surface area contributed by atoms with Crippen molar-refractivity contribution in [2.24, 2.45) is 23.7 Å². The normalized spacial score (nSPS) is 18.8. The van der Waals surface area contributed by atoms with E-state index in [1.807, 2.05) is 121 Å². The molecule has 2 aromatic rings. The third-order valence-corrected chi connectivity index (χ3v) is 14.6. The fourth-order valence-corrected chi connectivity index (χ4v) is 10.5. The molecule has 0 saturated carbocycles. The summed E-state index contributed by atoms with van der Waals surface area (Å²) in [6.45, 7) is 16.0. The molecule has 18 heteroatoms. The third-order valence-electron chi connectivity index (χ3n) is 14.6. The van der Waals surface area contributed by atoms with E-state index in [4.69, 9.17) is 19.0 Å². The summed E-state index contributed by atoms with van der Waals surface area (Å²) in [5.74, 6) is -5.81. The molecule has 2 aromatic carbocycles. The molecule has 18 nitrogen and oxygen atoms in total. The van der Waals surface area contributed by atoms with Crippen LogP contribution in [-0.2, 0) is 64.0 Å². The number of hydroxylamine groups is 2. The Kier molecular flexibility index (Phi) is 23.6. The molecule has 2 aliphatic rings. The van der Waals surface area contributed by atoms with Gasteiger partial charge in [0.15, 0.2) is 0 Å². The maximum absolute atomic E-state index is 14.6. The summed E-state index contributed by atoms with van der Waals surface area (Å²) in [5.41, 5.74) is 1.67. The van der Waals surface area contributed by atoms with E-state index in [1.54, 1.807) is 30.9 Å². The maximum atomic E-state index is 14.6. The summed E-state index contributed by atoms with van der Waals surface area (Å²) >= 11 is 0. The smallest absolute Gasteiger partial charge is 0.333 e. The van der Waals surface area contributed by atoms with Crippen molar-refractivity contribution in [1.29, 1.82) is 0 Å². The van der Waals surface area contributed by atoms with Gasteiger partial charge in [0, 0.05) is 52.0 Å². The zero-order valence-corrected chi connectivity index (χ0v) is 45.2. The molecule has 2 fully saturated rings. The molecule has 2 heterocycles. The standard InChI is InChI=1S/C55H82N6O12/c1-13-36(6)50(59(10)49(35(4)5)54(68)57-53(67)48(34(2)3)58(9)30-21-27-46(65)73-61-43(62)28-29-44(61)63)42(70-11)32-45(64)60-31-20-26-41(60)51(71-12)38(8)52(66)56-47(37(7)40-24-18-15-19-25-40)55(69)72-33-39-22-16-14-17-23-39/h14-19,22-25,34-38,41-42,47-51H,13,20-21,26-33H2,1-12H3,(H,56,66)(H,57,67,68)/t36-,37-,38+,41-,42+,47-,48-,49-,50-,51+/m0/s1. The van der Waals surface area contributed by atoms with E-state index in [2.05, 4.69) is 10.6 Å². The molecule has 6 amide bonds. The molecule has 0 bridgehead atoms. The third kappa shape index (κ3) is 16.2. The van der Waals surface area contributed by atoms with Gasteiger partial charge in [-0.05, 0) is 68.8 Å². The van der Waals surface area contributed by atoms with Gasteiger partial charge in [0.25, 0.3) is 11.8 Å². The molecule has 2 saturated heterocycles. The first-order valence-corrected chi connectivity index (χ1v) is 25.9. The van der Waals surface area contributed by atoms with Crippen molar-refractivity contribution in [2.75, 3.05) is 41.4 Å². The van der Waals surface area contributed by atoms with Gasteiger partial charge in [0.1, 0.15) is 12.6 Å². The summed E-state index contributed by atoms with van der Waals surface area (Å²) in [5, 5.41) is 6.18. The van der Waals surface area contributed by atoms with E-state index in [9.17, 15) is 38.4 Å². The van der Waals surface area contributed by atoms with E-state index >= 15 is 0 Å². The minimum absolute atomic E-state index is 0.00714. The number of imide groups is 2. The number of rotatable bonds is 28. The van der Waals surface area contributed by atoms with E-state index < -0.39 is 95.7 Å². The second-order valence-corrected chi connectivity index (χ2v) is 20.4. The van der Waals surface area contributed by atoms with E-state index in [0.29, 0.717) is 30.9 Å². The number of nitrogens with zero attached hydrogens (tertiary/aromatic N) is 4. The Morgan fingerprint density at radius 3 is 1.93 bits per heavy atom. The average molecular weight is 1020 g/mol.